The molecule has 0 amide bonds. The van der Waals surface area contributed by atoms with Gasteiger partial charge in [0.15, 0.2) is 0 Å². The highest BCUT2D eigenvalue weighted by atomic mass is 32.2. The third-order valence-corrected chi connectivity index (χ3v) is 7.97. The van der Waals surface area contributed by atoms with Gasteiger partial charge in [-0.05, 0) is 47.9 Å². The van der Waals surface area contributed by atoms with Gasteiger partial charge in [0.2, 0.25) is 10.0 Å². The van der Waals surface area contributed by atoms with E-state index >= 15 is 0 Å². The molecule has 2 N–H and O–H groups in total. The second-order valence-electron chi connectivity index (χ2n) is 7.89. The van der Waals surface area contributed by atoms with Gasteiger partial charge >= 0.3 is 0 Å². The molecule has 5 rings (SSSR count). The number of methoxy groups -OCH3 is 1. The normalized spacial score (nSPS) is 20.2. The Kier molecular flexibility index (Phi) is 5.21. The molecule has 0 aliphatic carbocycles. The van der Waals surface area contributed by atoms with Gasteiger partial charge in [0.1, 0.15) is 5.75 Å². The summed E-state index contributed by atoms with van der Waals surface area (Å²) in [6, 6.07) is 15.3. The zero-order valence-corrected chi connectivity index (χ0v) is 18.3. The lowest BCUT2D eigenvalue weighted by molar-refractivity contribution is 0.0771. The molecule has 2 aromatic heterocycles. The van der Waals surface area contributed by atoms with Gasteiger partial charge in [-0.2, -0.15) is 4.31 Å². The Morgan fingerprint density at radius 1 is 1.16 bits per heavy atom. The quantitative estimate of drug-likeness (QED) is 0.487. The van der Waals surface area contributed by atoms with E-state index in [1.165, 1.54) is 4.31 Å². The van der Waals surface area contributed by atoms with Gasteiger partial charge in [-0.3, -0.25) is 4.98 Å². The molecular weight excluding hydrogens is 426 g/mol. The van der Waals surface area contributed by atoms with E-state index in [1.807, 2.05) is 30.5 Å². The summed E-state index contributed by atoms with van der Waals surface area (Å²) in [6.07, 6.45) is 4.53. The Hall–Kier alpha value is -3.20. The Balaban J connectivity index is 1.61. The number of hydrogen-bond donors (Lipinski definition) is 2. The number of rotatable bonds is 5. The number of fused-ring (bicyclic) bond motifs is 2. The third-order valence-electron chi connectivity index (χ3n) is 6.02. The number of benzene rings is 2. The highest BCUT2D eigenvalue weighted by Crippen LogP contribution is 2.39. The first-order valence-corrected chi connectivity index (χ1v) is 11.7. The maximum Gasteiger partial charge on any atom is 0.244 e. The number of nitrogens with one attached hydrogen (secondary N) is 1. The SMILES string of the molecule is COc1ccc2[nH]cc(C[C@@H]3[C@H](O)c4ccccc4S(=O)(=O)N3Cc3cccnc3)c2c1. The van der Waals surface area contributed by atoms with Crippen LogP contribution in [0, 0.1) is 0 Å². The molecule has 0 saturated carbocycles. The van der Waals surface area contributed by atoms with Crippen molar-refractivity contribution in [2.45, 2.75) is 30.0 Å². The van der Waals surface area contributed by atoms with E-state index in [0.29, 0.717) is 17.7 Å². The van der Waals surface area contributed by atoms with Crippen LogP contribution in [0.25, 0.3) is 10.9 Å². The van der Waals surface area contributed by atoms with E-state index in [4.69, 9.17) is 4.74 Å². The molecule has 3 heterocycles. The molecule has 2 atom stereocenters. The van der Waals surface area contributed by atoms with Gasteiger partial charge in [0, 0.05) is 41.6 Å². The summed E-state index contributed by atoms with van der Waals surface area (Å²) >= 11 is 0. The maximum atomic E-state index is 13.6. The predicted octanol–water partition coefficient (Wildman–Crippen LogP) is 3.42. The van der Waals surface area contributed by atoms with Crippen LogP contribution in [0.4, 0.5) is 0 Å². The Bertz CT molecular complexity index is 1370. The number of H-pyrrole nitrogens is 1. The number of pyridine rings is 1. The zero-order chi connectivity index (χ0) is 22.3. The van der Waals surface area contributed by atoms with Crippen molar-refractivity contribution in [1.82, 2.24) is 14.3 Å². The molecule has 0 saturated heterocycles. The van der Waals surface area contributed by atoms with Crippen molar-refractivity contribution in [2.75, 3.05) is 7.11 Å². The van der Waals surface area contributed by atoms with E-state index in [9.17, 15) is 13.5 Å². The van der Waals surface area contributed by atoms with Crippen molar-refractivity contribution in [3.8, 4) is 5.75 Å². The van der Waals surface area contributed by atoms with Crippen molar-refractivity contribution in [2.24, 2.45) is 0 Å². The zero-order valence-electron chi connectivity index (χ0n) is 17.5. The molecule has 164 valence electrons. The Labute approximate surface area is 186 Å². The monoisotopic (exact) mass is 449 g/mol. The smallest absolute Gasteiger partial charge is 0.244 e. The molecule has 0 radical (unpaired) electrons. The van der Waals surface area contributed by atoms with Crippen molar-refractivity contribution in [1.29, 1.82) is 0 Å². The van der Waals surface area contributed by atoms with Crippen LogP contribution in [0.1, 0.15) is 22.8 Å². The summed E-state index contributed by atoms with van der Waals surface area (Å²) < 4.78 is 34.0. The topological polar surface area (TPSA) is 95.5 Å². The van der Waals surface area contributed by atoms with Crippen molar-refractivity contribution < 1.29 is 18.3 Å². The summed E-state index contributed by atoms with van der Waals surface area (Å²) in [6.45, 7) is 0.123. The van der Waals surface area contributed by atoms with Crippen LogP contribution >= 0.6 is 0 Å². The van der Waals surface area contributed by atoms with E-state index in [2.05, 4.69) is 9.97 Å². The molecule has 2 aromatic carbocycles. The molecular formula is C24H23N3O4S. The lowest BCUT2D eigenvalue weighted by Crippen LogP contribution is -2.48. The van der Waals surface area contributed by atoms with Crippen LogP contribution in [0.3, 0.4) is 0 Å². The van der Waals surface area contributed by atoms with Gasteiger partial charge in [0.05, 0.1) is 24.2 Å². The second kappa shape index (κ2) is 8.05. The number of aromatic nitrogens is 2. The second-order valence-corrected chi connectivity index (χ2v) is 9.75. The fourth-order valence-corrected chi connectivity index (χ4v) is 6.25. The maximum absolute atomic E-state index is 13.6. The highest BCUT2D eigenvalue weighted by molar-refractivity contribution is 7.89. The molecule has 8 heteroatoms. The van der Waals surface area contributed by atoms with Gasteiger partial charge in [-0.15, -0.1) is 0 Å². The van der Waals surface area contributed by atoms with Crippen LogP contribution in [-0.4, -0.2) is 40.9 Å². The minimum Gasteiger partial charge on any atom is -0.497 e. The standard InChI is InChI=1S/C24H23N3O4S/c1-31-18-8-9-21-20(12-18)17(14-26-21)11-22-24(28)19-6-2-3-7-23(19)32(29,30)27(22)15-16-5-4-10-25-13-16/h2-10,12-14,22,24,26,28H,11,15H2,1H3/t22-,24-/m1/s1. The lowest BCUT2D eigenvalue weighted by atomic mass is 9.95. The molecule has 0 bridgehead atoms. The van der Waals surface area contributed by atoms with E-state index in [-0.39, 0.29) is 11.4 Å². The van der Waals surface area contributed by atoms with Crippen molar-refractivity contribution in [3.63, 3.8) is 0 Å². The summed E-state index contributed by atoms with van der Waals surface area (Å²) in [5.74, 6) is 0.715. The molecule has 0 spiro atoms. The Morgan fingerprint density at radius 2 is 2.00 bits per heavy atom. The van der Waals surface area contributed by atoms with E-state index in [1.54, 1.807) is 49.8 Å². The van der Waals surface area contributed by atoms with Gasteiger partial charge < -0.3 is 14.8 Å². The molecule has 7 nitrogen and oxygen atoms in total. The average Bonchev–Trinajstić information content (AvgIpc) is 3.22. The highest BCUT2D eigenvalue weighted by Gasteiger charge is 2.43. The van der Waals surface area contributed by atoms with Crippen LogP contribution in [0.15, 0.2) is 78.1 Å². The van der Waals surface area contributed by atoms with Crippen LogP contribution in [0.2, 0.25) is 0 Å². The summed E-state index contributed by atoms with van der Waals surface area (Å²) in [5.41, 5.74) is 3.02. The number of aliphatic hydroxyl groups is 1. The summed E-state index contributed by atoms with van der Waals surface area (Å²) in [5, 5.41) is 12.3. The number of ether oxygens (including phenoxy) is 1. The molecule has 0 unspecified atom stereocenters. The van der Waals surface area contributed by atoms with Crippen molar-refractivity contribution in [3.05, 3.63) is 89.9 Å². The number of nitrogens with zero attached hydrogens (tertiary/aromatic N) is 2. The molecule has 1 aliphatic heterocycles. The van der Waals surface area contributed by atoms with Crippen LogP contribution < -0.4 is 4.74 Å². The first-order chi connectivity index (χ1) is 15.5. The number of hydrogen-bond acceptors (Lipinski definition) is 5. The Morgan fingerprint density at radius 3 is 2.78 bits per heavy atom. The van der Waals surface area contributed by atoms with Gasteiger partial charge in [0.25, 0.3) is 0 Å². The van der Waals surface area contributed by atoms with Crippen LogP contribution in [0.5, 0.6) is 5.75 Å². The van der Waals surface area contributed by atoms with Gasteiger partial charge in [-0.25, -0.2) is 8.42 Å². The molecule has 32 heavy (non-hydrogen) atoms. The first-order valence-electron chi connectivity index (χ1n) is 10.3. The number of aliphatic hydroxyl groups excluding tert-OH is 1. The fraction of sp³-hybridized carbons (Fsp3) is 0.208. The minimum atomic E-state index is -3.82. The largest absolute Gasteiger partial charge is 0.497 e. The number of aromatic amines is 1. The van der Waals surface area contributed by atoms with E-state index < -0.39 is 22.2 Å². The van der Waals surface area contributed by atoms with Crippen LogP contribution in [-0.2, 0) is 23.0 Å². The molecule has 0 fully saturated rings. The fourth-order valence-electron chi connectivity index (χ4n) is 4.40. The summed E-state index contributed by atoms with van der Waals surface area (Å²) in [7, 11) is -2.21. The van der Waals surface area contributed by atoms with Gasteiger partial charge in [-0.1, -0.05) is 24.3 Å². The average molecular weight is 450 g/mol. The van der Waals surface area contributed by atoms with Crippen molar-refractivity contribution >= 4 is 20.9 Å². The number of sulfonamides is 1. The first kappa shape index (κ1) is 20.7. The lowest BCUT2D eigenvalue weighted by Gasteiger charge is -2.39. The van der Waals surface area contributed by atoms with E-state index in [0.717, 1.165) is 22.0 Å². The minimum absolute atomic E-state index is 0.123. The molecule has 1 aliphatic rings. The summed E-state index contributed by atoms with van der Waals surface area (Å²) in [4.78, 5) is 7.50. The third kappa shape index (κ3) is 3.46. The molecule has 4 aromatic rings. The predicted molar refractivity (Wildman–Crippen MR) is 121 cm³/mol.